The number of hydrogen-bond donors (Lipinski definition) is 0. The smallest absolute Gasteiger partial charge is 0.409 e. The van der Waals surface area contributed by atoms with Crippen LogP contribution in [0, 0.1) is 5.92 Å². The van der Waals surface area contributed by atoms with Crippen LogP contribution >= 0.6 is 0 Å². The van der Waals surface area contributed by atoms with Crippen LogP contribution in [0.15, 0.2) is 30.3 Å². The summed E-state index contributed by atoms with van der Waals surface area (Å²) in [5.74, 6) is 0.442. The van der Waals surface area contributed by atoms with E-state index < -0.39 is 0 Å². The number of ether oxygens (including phenoxy) is 2. The number of rotatable bonds is 5. The number of nitrogens with zero attached hydrogens (tertiary/aromatic N) is 1. The zero-order chi connectivity index (χ0) is 13.0. The summed E-state index contributed by atoms with van der Waals surface area (Å²) in [6, 6.07) is 10.4. The lowest BCUT2D eigenvalue weighted by atomic mass is 10.2. The van der Waals surface area contributed by atoms with Gasteiger partial charge >= 0.3 is 6.09 Å². The quantitative estimate of drug-likeness (QED) is 0.803. The molecule has 0 aromatic heterocycles. The summed E-state index contributed by atoms with van der Waals surface area (Å²) in [6.45, 7) is 1.33. The molecule has 0 bridgehead atoms. The molecule has 4 nitrogen and oxygen atoms in total. The second-order valence-electron chi connectivity index (χ2n) is 4.64. The summed E-state index contributed by atoms with van der Waals surface area (Å²) < 4.78 is 10.3. The number of hydrogen-bond acceptors (Lipinski definition) is 3. The van der Waals surface area contributed by atoms with Gasteiger partial charge in [0.2, 0.25) is 0 Å². The summed E-state index contributed by atoms with van der Waals surface area (Å²) in [4.78, 5) is 12.9. The van der Waals surface area contributed by atoms with Crippen LogP contribution in [0.3, 0.4) is 0 Å². The minimum Gasteiger partial charge on any atom is -0.453 e. The Morgan fingerprint density at radius 3 is 2.78 bits per heavy atom. The van der Waals surface area contributed by atoms with E-state index in [0.29, 0.717) is 19.1 Å². The maximum atomic E-state index is 11.3. The van der Waals surface area contributed by atoms with Crippen LogP contribution in [-0.4, -0.2) is 37.8 Å². The van der Waals surface area contributed by atoms with Crippen molar-refractivity contribution in [3.05, 3.63) is 35.9 Å². The Bertz CT molecular complexity index is 393. The van der Waals surface area contributed by atoms with Gasteiger partial charge in [-0.15, -0.1) is 0 Å². The van der Waals surface area contributed by atoms with Crippen LogP contribution in [0.1, 0.15) is 12.0 Å². The summed E-state index contributed by atoms with van der Waals surface area (Å²) >= 11 is 0. The zero-order valence-electron chi connectivity index (χ0n) is 10.8. The van der Waals surface area contributed by atoms with E-state index >= 15 is 0 Å². The molecule has 0 spiro atoms. The van der Waals surface area contributed by atoms with E-state index in [9.17, 15) is 4.79 Å². The van der Waals surface area contributed by atoms with Gasteiger partial charge in [-0.3, -0.25) is 0 Å². The molecule has 0 radical (unpaired) electrons. The Balaban J connectivity index is 1.67. The number of benzene rings is 1. The zero-order valence-corrected chi connectivity index (χ0v) is 10.8. The monoisotopic (exact) mass is 249 g/mol. The highest BCUT2D eigenvalue weighted by atomic mass is 16.5. The van der Waals surface area contributed by atoms with Crippen molar-refractivity contribution in [3.8, 4) is 0 Å². The standard InChI is InChI=1S/C14H19NO3/c1-15(14(16)17-2)13-8-12(13)10-18-9-11-6-4-3-5-7-11/h3-7,12-13H,8-10H2,1-2H3/t12-,13+/m0/s1. The SMILES string of the molecule is COC(=O)N(C)[C@@H]1C[C@H]1COCc1ccccc1. The molecule has 18 heavy (non-hydrogen) atoms. The van der Waals surface area contributed by atoms with E-state index in [1.807, 2.05) is 30.3 Å². The Morgan fingerprint density at radius 1 is 1.39 bits per heavy atom. The Kier molecular flexibility index (Phi) is 4.20. The molecule has 0 unspecified atom stereocenters. The lowest BCUT2D eigenvalue weighted by Crippen LogP contribution is -2.30. The van der Waals surface area contributed by atoms with Gasteiger partial charge in [0.15, 0.2) is 0 Å². The van der Waals surface area contributed by atoms with E-state index in [0.717, 1.165) is 6.42 Å². The maximum absolute atomic E-state index is 11.3. The number of carbonyl (C=O) groups is 1. The molecular weight excluding hydrogens is 230 g/mol. The van der Waals surface area contributed by atoms with Crippen molar-refractivity contribution in [1.82, 2.24) is 4.90 Å². The van der Waals surface area contributed by atoms with Gasteiger partial charge < -0.3 is 14.4 Å². The molecule has 1 aromatic rings. The first kappa shape index (κ1) is 12.9. The fourth-order valence-electron chi connectivity index (χ4n) is 2.07. The van der Waals surface area contributed by atoms with Crippen LogP contribution in [-0.2, 0) is 16.1 Å². The molecule has 0 heterocycles. The van der Waals surface area contributed by atoms with Crippen LogP contribution in [0.4, 0.5) is 4.79 Å². The highest BCUT2D eigenvalue weighted by molar-refractivity contribution is 5.67. The highest BCUT2D eigenvalue weighted by Crippen LogP contribution is 2.35. The van der Waals surface area contributed by atoms with Crippen LogP contribution in [0.5, 0.6) is 0 Å². The van der Waals surface area contributed by atoms with E-state index in [1.54, 1.807) is 11.9 Å². The van der Waals surface area contributed by atoms with Crippen LogP contribution < -0.4 is 0 Å². The molecule has 0 aliphatic heterocycles. The minimum atomic E-state index is -0.273. The van der Waals surface area contributed by atoms with E-state index in [-0.39, 0.29) is 12.1 Å². The molecule has 0 N–H and O–H groups in total. The molecule has 2 atom stereocenters. The molecule has 1 saturated carbocycles. The van der Waals surface area contributed by atoms with Gasteiger partial charge in [-0.25, -0.2) is 4.79 Å². The maximum Gasteiger partial charge on any atom is 0.409 e. The van der Waals surface area contributed by atoms with E-state index in [1.165, 1.54) is 12.7 Å². The van der Waals surface area contributed by atoms with Crippen LogP contribution in [0.2, 0.25) is 0 Å². The molecular formula is C14H19NO3. The average Bonchev–Trinajstić information content (AvgIpc) is 3.18. The summed E-state index contributed by atoms with van der Waals surface area (Å²) in [5.41, 5.74) is 1.18. The molecule has 1 amide bonds. The molecule has 2 rings (SSSR count). The lowest BCUT2D eigenvalue weighted by Gasteiger charge is -2.15. The van der Waals surface area contributed by atoms with Crippen molar-refractivity contribution >= 4 is 6.09 Å². The van der Waals surface area contributed by atoms with Gasteiger partial charge in [-0.05, 0) is 12.0 Å². The Morgan fingerprint density at radius 2 is 2.11 bits per heavy atom. The largest absolute Gasteiger partial charge is 0.453 e. The van der Waals surface area contributed by atoms with Gasteiger partial charge in [-0.2, -0.15) is 0 Å². The molecule has 0 saturated heterocycles. The minimum absolute atomic E-state index is 0.272. The summed E-state index contributed by atoms with van der Waals surface area (Å²) in [5, 5.41) is 0. The number of methoxy groups -OCH3 is 1. The fraction of sp³-hybridized carbons (Fsp3) is 0.500. The lowest BCUT2D eigenvalue weighted by molar-refractivity contribution is 0.0979. The third-order valence-corrected chi connectivity index (χ3v) is 3.29. The second kappa shape index (κ2) is 5.87. The van der Waals surface area contributed by atoms with Crippen molar-refractivity contribution < 1.29 is 14.3 Å². The van der Waals surface area contributed by atoms with Crippen molar-refractivity contribution in [3.63, 3.8) is 0 Å². The molecule has 1 fully saturated rings. The molecule has 98 valence electrons. The predicted octanol–water partition coefficient (Wildman–Crippen LogP) is 2.29. The molecule has 4 heteroatoms. The highest BCUT2D eigenvalue weighted by Gasteiger charge is 2.42. The Labute approximate surface area is 107 Å². The molecule has 1 aromatic carbocycles. The summed E-state index contributed by atoms with van der Waals surface area (Å²) in [6.07, 6.45) is 0.728. The van der Waals surface area contributed by atoms with E-state index in [4.69, 9.17) is 4.74 Å². The number of carbonyl (C=O) groups excluding carboxylic acids is 1. The van der Waals surface area contributed by atoms with Gasteiger partial charge in [0.05, 0.1) is 20.3 Å². The molecule has 1 aliphatic rings. The summed E-state index contributed by atoms with van der Waals surface area (Å²) in [7, 11) is 3.18. The van der Waals surface area contributed by atoms with Gasteiger partial charge in [0, 0.05) is 19.0 Å². The van der Waals surface area contributed by atoms with Crippen molar-refractivity contribution in [2.75, 3.05) is 20.8 Å². The van der Waals surface area contributed by atoms with Crippen molar-refractivity contribution in [2.45, 2.75) is 19.1 Å². The fourth-order valence-corrected chi connectivity index (χ4v) is 2.07. The third-order valence-electron chi connectivity index (χ3n) is 3.29. The van der Waals surface area contributed by atoms with Gasteiger partial charge in [0.25, 0.3) is 0 Å². The van der Waals surface area contributed by atoms with Crippen molar-refractivity contribution in [1.29, 1.82) is 0 Å². The third kappa shape index (κ3) is 3.23. The van der Waals surface area contributed by atoms with E-state index in [2.05, 4.69) is 4.74 Å². The number of amides is 1. The average molecular weight is 249 g/mol. The second-order valence-corrected chi connectivity index (χ2v) is 4.64. The predicted molar refractivity (Wildman–Crippen MR) is 68.2 cm³/mol. The topological polar surface area (TPSA) is 38.8 Å². The van der Waals surface area contributed by atoms with Crippen LogP contribution in [0.25, 0.3) is 0 Å². The first-order chi connectivity index (χ1) is 8.72. The normalized spacial score (nSPS) is 21.4. The molecule has 1 aliphatic carbocycles. The Hall–Kier alpha value is -1.55. The van der Waals surface area contributed by atoms with Gasteiger partial charge in [-0.1, -0.05) is 30.3 Å². The van der Waals surface area contributed by atoms with Crippen molar-refractivity contribution in [2.24, 2.45) is 5.92 Å². The first-order valence-corrected chi connectivity index (χ1v) is 6.15. The first-order valence-electron chi connectivity index (χ1n) is 6.15. The van der Waals surface area contributed by atoms with Gasteiger partial charge in [0.1, 0.15) is 0 Å².